The zero-order valence-corrected chi connectivity index (χ0v) is 11.1. The van der Waals surface area contributed by atoms with Crippen LogP contribution in [0.15, 0.2) is 18.2 Å². The maximum absolute atomic E-state index is 11.6. The molecule has 2 aliphatic rings. The molecule has 5 heteroatoms. The number of rotatable bonds is 1. The fraction of sp³-hybridized carbons (Fsp3) is 0.500. The largest absolute Gasteiger partial charge is 0.452 e. The van der Waals surface area contributed by atoms with Crippen LogP contribution in [0.1, 0.15) is 5.56 Å². The summed E-state index contributed by atoms with van der Waals surface area (Å²) in [5.74, 6) is 0. The van der Waals surface area contributed by atoms with Crippen LogP contribution >= 0.6 is 0 Å². The molecule has 2 aliphatic heterocycles. The summed E-state index contributed by atoms with van der Waals surface area (Å²) in [7, 11) is 1.42. The number of morpholine rings is 1. The summed E-state index contributed by atoms with van der Waals surface area (Å²) < 4.78 is 10.2. The van der Waals surface area contributed by atoms with Crippen LogP contribution in [0.2, 0.25) is 0 Å². The molecule has 102 valence electrons. The molecule has 0 unspecified atom stereocenters. The second-order valence-corrected chi connectivity index (χ2v) is 4.78. The molecule has 0 aromatic heterocycles. The average molecular weight is 262 g/mol. The number of hydrogen-bond acceptors (Lipinski definition) is 4. The van der Waals surface area contributed by atoms with Crippen molar-refractivity contribution in [1.82, 2.24) is 0 Å². The van der Waals surface area contributed by atoms with E-state index in [1.54, 1.807) is 4.90 Å². The summed E-state index contributed by atoms with van der Waals surface area (Å²) in [5.41, 5.74) is 3.41. The van der Waals surface area contributed by atoms with Crippen molar-refractivity contribution < 1.29 is 14.3 Å². The van der Waals surface area contributed by atoms with Crippen LogP contribution in [0, 0.1) is 0 Å². The molecule has 2 heterocycles. The van der Waals surface area contributed by atoms with Gasteiger partial charge in [-0.25, -0.2) is 4.79 Å². The van der Waals surface area contributed by atoms with Crippen LogP contribution < -0.4 is 9.80 Å². The van der Waals surface area contributed by atoms with E-state index in [-0.39, 0.29) is 6.09 Å². The Balaban J connectivity index is 1.83. The molecule has 1 saturated heterocycles. The molecule has 0 spiro atoms. The molecule has 0 N–H and O–H groups in total. The first kappa shape index (κ1) is 12.3. The fourth-order valence-corrected chi connectivity index (χ4v) is 2.71. The highest BCUT2D eigenvalue weighted by Crippen LogP contribution is 2.32. The summed E-state index contributed by atoms with van der Waals surface area (Å²) >= 11 is 0. The summed E-state index contributed by atoms with van der Waals surface area (Å²) in [6, 6.07) is 6.28. The fourth-order valence-electron chi connectivity index (χ4n) is 2.71. The molecular weight excluding hydrogens is 244 g/mol. The van der Waals surface area contributed by atoms with Gasteiger partial charge in [-0.1, -0.05) is 0 Å². The van der Waals surface area contributed by atoms with Crippen molar-refractivity contribution in [3.05, 3.63) is 23.8 Å². The van der Waals surface area contributed by atoms with E-state index in [1.165, 1.54) is 18.4 Å². The van der Waals surface area contributed by atoms with E-state index in [0.29, 0.717) is 6.54 Å². The van der Waals surface area contributed by atoms with E-state index in [1.807, 2.05) is 6.07 Å². The minimum Gasteiger partial charge on any atom is -0.452 e. The topological polar surface area (TPSA) is 42.0 Å². The highest BCUT2D eigenvalue weighted by atomic mass is 16.5. The van der Waals surface area contributed by atoms with Crippen LogP contribution in [-0.4, -0.2) is 46.1 Å². The quantitative estimate of drug-likeness (QED) is 0.772. The Kier molecular flexibility index (Phi) is 3.29. The first-order valence-corrected chi connectivity index (χ1v) is 6.60. The SMILES string of the molecule is COC(=O)N1CCc2cc(N3CCOCC3)ccc21. The van der Waals surface area contributed by atoms with Crippen molar-refractivity contribution in [2.75, 3.05) is 49.8 Å². The lowest BCUT2D eigenvalue weighted by Gasteiger charge is -2.29. The van der Waals surface area contributed by atoms with Crippen molar-refractivity contribution in [1.29, 1.82) is 0 Å². The molecule has 1 fully saturated rings. The van der Waals surface area contributed by atoms with Gasteiger partial charge >= 0.3 is 6.09 Å². The predicted molar refractivity (Wildman–Crippen MR) is 72.9 cm³/mol. The molecule has 0 saturated carbocycles. The van der Waals surface area contributed by atoms with Gasteiger partial charge in [-0.3, -0.25) is 4.90 Å². The summed E-state index contributed by atoms with van der Waals surface area (Å²) in [5, 5.41) is 0. The zero-order chi connectivity index (χ0) is 13.2. The molecule has 1 aromatic carbocycles. The molecular formula is C14H18N2O3. The lowest BCUT2D eigenvalue weighted by atomic mass is 10.1. The van der Waals surface area contributed by atoms with Gasteiger partial charge in [-0.2, -0.15) is 0 Å². The van der Waals surface area contributed by atoms with E-state index < -0.39 is 0 Å². The normalized spacial score (nSPS) is 18.4. The predicted octanol–water partition coefficient (Wildman–Crippen LogP) is 1.65. The van der Waals surface area contributed by atoms with Gasteiger partial charge in [0.1, 0.15) is 0 Å². The monoisotopic (exact) mass is 262 g/mol. The third-order valence-corrected chi connectivity index (χ3v) is 3.73. The second kappa shape index (κ2) is 5.09. The Labute approximate surface area is 112 Å². The molecule has 0 aliphatic carbocycles. The highest BCUT2D eigenvalue weighted by Gasteiger charge is 2.26. The second-order valence-electron chi connectivity index (χ2n) is 4.78. The molecule has 3 rings (SSSR count). The Morgan fingerprint density at radius 1 is 1.26 bits per heavy atom. The molecule has 5 nitrogen and oxygen atoms in total. The third-order valence-electron chi connectivity index (χ3n) is 3.73. The molecule has 19 heavy (non-hydrogen) atoms. The maximum Gasteiger partial charge on any atom is 0.414 e. The van der Waals surface area contributed by atoms with Crippen LogP contribution in [0.4, 0.5) is 16.2 Å². The number of amides is 1. The van der Waals surface area contributed by atoms with Gasteiger partial charge in [0.05, 0.1) is 26.0 Å². The first-order chi connectivity index (χ1) is 9.29. The standard InChI is InChI=1S/C14H18N2O3/c1-18-14(17)16-5-4-11-10-12(2-3-13(11)16)15-6-8-19-9-7-15/h2-3,10H,4-9H2,1H3. The smallest absolute Gasteiger partial charge is 0.414 e. The maximum atomic E-state index is 11.6. The van der Waals surface area contributed by atoms with Crippen molar-refractivity contribution in [2.24, 2.45) is 0 Å². The molecule has 1 amide bonds. The van der Waals surface area contributed by atoms with E-state index in [2.05, 4.69) is 17.0 Å². The van der Waals surface area contributed by atoms with Gasteiger partial charge in [0.15, 0.2) is 0 Å². The van der Waals surface area contributed by atoms with E-state index >= 15 is 0 Å². The van der Waals surface area contributed by atoms with Crippen LogP contribution in [-0.2, 0) is 15.9 Å². The van der Waals surface area contributed by atoms with E-state index in [9.17, 15) is 4.79 Å². The number of fused-ring (bicyclic) bond motifs is 1. The number of carbonyl (C=O) groups excluding carboxylic acids is 1. The lowest BCUT2D eigenvalue weighted by Crippen LogP contribution is -2.36. The van der Waals surface area contributed by atoms with Crippen molar-refractivity contribution >= 4 is 17.5 Å². The Bertz CT molecular complexity index is 484. The van der Waals surface area contributed by atoms with Crippen molar-refractivity contribution in [3.63, 3.8) is 0 Å². The van der Waals surface area contributed by atoms with Crippen LogP contribution in [0.3, 0.4) is 0 Å². The highest BCUT2D eigenvalue weighted by molar-refractivity contribution is 5.90. The van der Waals surface area contributed by atoms with Crippen molar-refractivity contribution in [2.45, 2.75) is 6.42 Å². The van der Waals surface area contributed by atoms with E-state index in [4.69, 9.17) is 9.47 Å². The van der Waals surface area contributed by atoms with E-state index in [0.717, 1.165) is 38.4 Å². The van der Waals surface area contributed by atoms with Gasteiger partial charge in [0.25, 0.3) is 0 Å². The number of methoxy groups -OCH3 is 1. The number of ether oxygens (including phenoxy) is 2. The Morgan fingerprint density at radius 2 is 2.05 bits per heavy atom. The minimum absolute atomic E-state index is 0.280. The molecule has 0 atom stereocenters. The minimum atomic E-state index is -0.280. The Hall–Kier alpha value is -1.75. The Morgan fingerprint density at radius 3 is 2.79 bits per heavy atom. The van der Waals surface area contributed by atoms with Crippen LogP contribution in [0.25, 0.3) is 0 Å². The molecule has 0 bridgehead atoms. The zero-order valence-electron chi connectivity index (χ0n) is 11.1. The molecule has 0 radical (unpaired) electrons. The van der Waals surface area contributed by atoms with Gasteiger partial charge in [0.2, 0.25) is 0 Å². The number of anilines is 2. The average Bonchev–Trinajstić information content (AvgIpc) is 2.90. The summed E-state index contributed by atoms with van der Waals surface area (Å²) in [6.07, 6.45) is 0.612. The van der Waals surface area contributed by atoms with Crippen LogP contribution in [0.5, 0.6) is 0 Å². The number of benzene rings is 1. The lowest BCUT2D eigenvalue weighted by molar-refractivity contribution is 0.122. The van der Waals surface area contributed by atoms with Gasteiger partial charge < -0.3 is 14.4 Å². The van der Waals surface area contributed by atoms with Crippen molar-refractivity contribution in [3.8, 4) is 0 Å². The first-order valence-electron chi connectivity index (χ1n) is 6.60. The number of hydrogen-bond donors (Lipinski definition) is 0. The van der Waals surface area contributed by atoms with Gasteiger partial charge in [0, 0.05) is 25.3 Å². The third kappa shape index (κ3) is 2.26. The van der Waals surface area contributed by atoms with Gasteiger partial charge in [-0.05, 0) is 30.2 Å². The number of nitrogens with zero attached hydrogens (tertiary/aromatic N) is 2. The van der Waals surface area contributed by atoms with Gasteiger partial charge in [-0.15, -0.1) is 0 Å². The molecule has 1 aromatic rings. The summed E-state index contributed by atoms with van der Waals surface area (Å²) in [6.45, 7) is 4.13. The summed E-state index contributed by atoms with van der Waals surface area (Å²) in [4.78, 5) is 15.7. The number of carbonyl (C=O) groups is 1.